The van der Waals surface area contributed by atoms with Crippen LogP contribution in [0.4, 0.5) is 5.69 Å². The van der Waals surface area contributed by atoms with Gasteiger partial charge in [-0.05, 0) is 60.1 Å². The zero-order valence-electron chi connectivity index (χ0n) is 22.1. The summed E-state index contributed by atoms with van der Waals surface area (Å²) in [5.41, 5.74) is 5.82. The Morgan fingerprint density at radius 1 is 0.897 bits per heavy atom. The lowest BCUT2D eigenvalue weighted by Gasteiger charge is -2.33. The number of aromatic nitrogens is 2. The molecule has 2 N–H and O–H groups in total. The predicted octanol–water partition coefficient (Wildman–Crippen LogP) is 5.68. The monoisotopic (exact) mass is 523 g/mol. The first-order valence-corrected chi connectivity index (χ1v) is 13.3. The number of carboxylic acids is 1. The van der Waals surface area contributed by atoms with E-state index in [4.69, 9.17) is 4.74 Å². The highest BCUT2D eigenvalue weighted by molar-refractivity contribution is 5.88. The second-order valence-electron chi connectivity index (χ2n) is 10.0. The molecule has 39 heavy (non-hydrogen) atoms. The minimum absolute atomic E-state index is 0.0517. The van der Waals surface area contributed by atoms with E-state index in [0.29, 0.717) is 23.9 Å². The molecular weight excluding hydrogens is 490 g/mol. The van der Waals surface area contributed by atoms with Crippen molar-refractivity contribution < 1.29 is 19.7 Å². The molecule has 0 amide bonds. The molecule has 5 rings (SSSR count). The fourth-order valence-electron chi connectivity index (χ4n) is 5.08. The van der Waals surface area contributed by atoms with Crippen molar-refractivity contribution in [3.05, 3.63) is 107 Å². The molecule has 1 fully saturated rings. The number of aromatic carboxylic acids is 1. The Hall–Kier alpha value is -4.23. The first-order chi connectivity index (χ1) is 19.0. The summed E-state index contributed by atoms with van der Waals surface area (Å²) < 4.78 is 5.85. The molecule has 7 heteroatoms. The van der Waals surface area contributed by atoms with Crippen molar-refractivity contribution in [3.63, 3.8) is 0 Å². The van der Waals surface area contributed by atoms with Crippen molar-refractivity contribution in [2.24, 2.45) is 5.92 Å². The number of ether oxygens (including phenoxy) is 1. The third-order valence-corrected chi connectivity index (χ3v) is 7.30. The lowest BCUT2D eigenvalue weighted by molar-refractivity contribution is 0.0683. The molecule has 4 aromatic rings. The van der Waals surface area contributed by atoms with Gasteiger partial charge in [0.15, 0.2) is 11.4 Å². The maximum Gasteiger partial charge on any atom is 0.358 e. The molecule has 1 aliphatic rings. The number of benzene rings is 3. The van der Waals surface area contributed by atoms with Gasteiger partial charge in [0.1, 0.15) is 12.4 Å². The predicted molar refractivity (Wildman–Crippen MR) is 151 cm³/mol. The Bertz CT molecular complexity index is 1400. The average molecular weight is 524 g/mol. The van der Waals surface area contributed by atoms with E-state index in [1.807, 2.05) is 54.6 Å². The van der Waals surface area contributed by atoms with Gasteiger partial charge in [0, 0.05) is 25.2 Å². The Labute approximate surface area is 228 Å². The SMILES string of the molecule is Cc1nc(CC2CCN(c3ccc(-c4ccc(CO)cc4)cc3)CC2)nc(C(=O)O)c1OCc1ccccc1. The van der Waals surface area contributed by atoms with Gasteiger partial charge in [-0.15, -0.1) is 0 Å². The highest BCUT2D eigenvalue weighted by Crippen LogP contribution is 2.29. The summed E-state index contributed by atoms with van der Waals surface area (Å²) in [5, 5.41) is 19.1. The topological polar surface area (TPSA) is 95.8 Å². The van der Waals surface area contributed by atoms with Crippen LogP contribution in [0.1, 0.15) is 46.0 Å². The van der Waals surface area contributed by atoms with Crippen LogP contribution in [0.15, 0.2) is 78.9 Å². The van der Waals surface area contributed by atoms with Gasteiger partial charge in [-0.25, -0.2) is 14.8 Å². The van der Waals surface area contributed by atoms with Gasteiger partial charge >= 0.3 is 5.97 Å². The van der Waals surface area contributed by atoms with Crippen molar-refractivity contribution in [2.75, 3.05) is 18.0 Å². The van der Waals surface area contributed by atoms with E-state index < -0.39 is 5.97 Å². The molecule has 7 nitrogen and oxygen atoms in total. The number of aryl methyl sites for hydroxylation is 1. The summed E-state index contributed by atoms with van der Waals surface area (Å²) in [5.74, 6) is 0.0832. The molecule has 0 unspecified atom stereocenters. The second-order valence-corrected chi connectivity index (χ2v) is 10.0. The molecule has 1 saturated heterocycles. The fraction of sp³-hybridized carbons (Fsp3) is 0.281. The molecule has 200 valence electrons. The van der Waals surface area contributed by atoms with E-state index in [1.165, 1.54) is 5.69 Å². The van der Waals surface area contributed by atoms with Crippen LogP contribution in [0.25, 0.3) is 11.1 Å². The molecule has 0 bridgehead atoms. The Kier molecular flexibility index (Phi) is 8.18. The van der Waals surface area contributed by atoms with E-state index in [9.17, 15) is 15.0 Å². The number of anilines is 1. The summed E-state index contributed by atoms with van der Waals surface area (Å²) in [7, 11) is 0. The van der Waals surface area contributed by atoms with Crippen LogP contribution in [-0.2, 0) is 19.6 Å². The van der Waals surface area contributed by atoms with Gasteiger partial charge in [0.05, 0.1) is 12.3 Å². The van der Waals surface area contributed by atoms with Crippen molar-refractivity contribution >= 4 is 11.7 Å². The van der Waals surface area contributed by atoms with Gasteiger partial charge in [0.2, 0.25) is 0 Å². The van der Waals surface area contributed by atoms with Crippen LogP contribution in [0, 0.1) is 12.8 Å². The average Bonchev–Trinajstić information content (AvgIpc) is 2.97. The van der Waals surface area contributed by atoms with Crippen molar-refractivity contribution in [2.45, 2.75) is 39.4 Å². The number of aliphatic hydroxyl groups is 1. The van der Waals surface area contributed by atoms with Crippen LogP contribution >= 0.6 is 0 Å². The first kappa shape index (κ1) is 26.4. The largest absolute Gasteiger partial charge is 0.484 e. The van der Waals surface area contributed by atoms with Crippen molar-refractivity contribution in [1.29, 1.82) is 0 Å². The smallest absolute Gasteiger partial charge is 0.358 e. The summed E-state index contributed by atoms with van der Waals surface area (Å²) in [6.45, 7) is 3.96. The standard InChI is InChI=1S/C32H33N3O4/c1-22-31(39-21-25-5-3-2-4-6-25)30(32(37)38)34-29(33-22)19-23-15-17-35(18-16-23)28-13-11-27(12-14-28)26-9-7-24(20-36)8-10-26/h2-14,23,36H,15-21H2,1H3,(H,37,38). The zero-order chi connectivity index (χ0) is 27.2. The van der Waals surface area contributed by atoms with Gasteiger partial charge in [-0.2, -0.15) is 0 Å². The number of rotatable bonds is 9. The van der Waals surface area contributed by atoms with Gasteiger partial charge in [-0.3, -0.25) is 0 Å². The van der Waals surface area contributed by atoms with E-state index in [2.05, 4.69) is 39.1 Å². The summed E-state index contributed by atoms with van der Waals surface area (Å²) in [4.78, 5) is 23.4. The lowest BCUT2D eigenvalue weighted by Crippen LogP contribution is -2.34. The number of hydrogen-bond acceptors (Lipinski definition) is 6. The molecule has 1 aromatic heterocycles. The van der Waals surface area contributed by atoms with Gasteiger partial charge < -0.3 is 19.8 Å². The van der Waals surface area contributed by atoms with E-state index in [-0.39, 0.29) is 24.7 Å². The van der Waals surface area contributed by atoms with Crippen molar-refractivity contribution in [3.8, 4) is 16.9 Å². The molecular formula is C32H33N3O4. The molecule has 0 saturated carbocycles. The normalized spacial score (nSPS) is 13.8. The Balaban J connectivity index is 1.19. The van der Waals surface area contributed by atoms with Gasteiger partial charge in [-0.1, -0.05) is 66.7 Å². The quantitative estimate of drug-likeness (QED) is 0.291. The molecule has 0 atom stereocenters. The Morgan fingerprint density at radius 2 is 1.54 bits per heavy atom. The van der Waals surface area contributed by atoms with Crippen LogP contribution < -0.4 is 9.64 Å². The number of nitrogens with zero attached hydrogens (tertiary/aromatic N) is 3. The highest BCUT2D eigenvalue weighted by Gasteiger charge is 2.24. The second kappa shape index (κ2) is 12.1. The number of carboxylic acid groups (broad SMARTS) is 1. The lowest BCUT2D eigenvalue weighted by atomic mass is 9.92. The third-order valence-electron chi connectivity index (χ3n) is 7.30. The number of piperidine rings is 1. The molecule has 0 radical (unpaired) electrons. The summed E-state index contributed by atoms with van der Waals surface area (Å²) >= 11 is 0. The summed E-state index contributed by atoms with van der Waals surface area (Å²) in [6, 6.07) is 26.2. The molecule has 0 aliphatic carbocycles. The number of hydrogen-bond donors (Lipinski definition) is 2. The number of carbonyl (C=O) groups is 1. The molecule has 2 heterocycles. The van der Waals surface area contributed by atoms with Crippen LogP contribution in [0.2, 0.25) is 0 Å². The minimum atomic E-state index is -1.10. The minimum Gasteiger partial charge on any atom is -0.484 e. The molecule has 3 aromatic carbocycles. The maximum atomic E-state index is 12.0. The molecule has 1 aliphatic heterocycles. The zero-order valence-corrected chi connectivity index (χ0v) is 22.1. The van der Waals surface area contributed by atoms with E-state index in [1.54, 1.807) is 6.92 Å². The number of aliphatic hydroxyl groups excluding tert-OH is 1. The first-order valence-electron chi connectivity index (χ1n) is 13.3. The fourth-order valence-corrected chi connectivity index (χ4v) is 5.08. The summed E-state index contributed by atoms with van der Waals surface area (Å²) in [6.07, 6.45) is 2.62. The van der Waals surface area contributed by atoms with Crippen LogP contribution in [0.5, 0.6) is 5.75 Å². The van der Waals surface area contributed by atoms with E-state index >= 15 is 0 Å². The highest BCUT2D eigenvalue weighted by atomic mass is 16.5. The van der Waals surface area contributed by atoms with Crippen LogP contribution in [-0.4, -0.2) is 39.2 Å². The third kappa shape index (κ3) is 6.44. The maximum absolute atomic E-state index is 12.0. The van der Waals surface area contributed by atoms with Crippen LogP contribution in [0.3, 0.4) is 0 Å². The molecule has 0 spiro atoms. The van der Waals surface area contributed by atoms with Gasteiger partial charge in [0.25, 0.3) is 0 Å². The van der Waals surface area contributed by atoms with Crippen molar-refractivity contribution in [1.82, 2.24) is 9.97 Å². The van der Waals surface area contributed by atoms with E-state index in [0.717, 1.165) is 48.2 Å². The Morgan fingerprint density at radius 3 is 2.15 bits per heavy atom.